The first-order chi connectivity index (χ1) is 14.3. The minimum atomic E-state index is -4.04. The number of sulfonamides is 1. The Hall–Kier alpha value is -2.58. The molecule has 0 saturated carbocycles. The number of carbonyl (C=O) groups is 1. The van der Waals surface area contributed by atoms with Crippen LogP contribution >= 0.6 is 0 Å². The molecule has 2 rings (SSSR count). The monoisotopic (exact) mass is 434 g/mol. The number of ether oxygens (including phenoxy) is 2. The van der Waals surface area contributed by atoms with E-state index in [0.29, 0.717) is 18.2 Å². The first-order valence-electron chi connectivity index (χ1n) is 9.80. The summed E-state index contributed by atoms with van der Waals surface area (Å²) in [6.45, 7) is 4.38. The van der Waals surface area contributed by atoms with Gasteiger partial charge in [-0.15, -0.1) is 0 Å². The molecule has 164 valence electrons. The lowest BCUT2D eigenvalue weighted by molar-refractivity contribution is -0.121. The van der Waals surface area contributed by atoms with Crippen LogP contribution in [0.1, 0.15) is 25.8 Å². The van der Waals surface area contributed by atoms with Gasteiger partial charge in [-0.1, -0.05) is 44.2 Å². The zero-order chi connectivity index (χ0) is 22.1. The van der Waals surface area contributed by atoms with Gasteiger partial charge in [-0.25, -0.2) is 8.42 Å². The van der Waals surface area contributed by atoms with Crippen molar-refractivity contribution in [1.29, 1.82) is 0 Å². The molecule has 0 heterocycles. The third kappa shape index (κ3) is 6.47. The van der Waals surface area contributed by atoms with Crippen LogP contribution in [0.15, 0.2) is 53.4 Å². The highest BCUT2D eigenvalue weighted by Gasteiger charge is 2.30. The number of hydrogen-bond donors (Lipinski definition) is 1. The summed E-state index contributed by atoms with van der Waals surface area (Å²) in [5.41, 5.74) is 0.776. The molecule has 30 heavy (non-hydrogen) atoms. The number of nitrogens with zero attached hydrogens (tertiary/aromatic N) is 1. The maximum absolute atomic E-state index is 13.5. The molecule has 0 spiro atoms. The molecule has 2 aromatic rings. The molecule has 1 N–H and O–H groups in total. The van der Waals surface area contributed by atoms with Crippen molar-refractivity contribution < 1.29 is 22.7 Å². The Morgan fingerprint density at radius 1 is 1.07 bits per heavy atom. The van der Waals surface area contributed by atoms with E-state index in [1.807, 2.05) is 30.3 Å². The highest BCUT2D eigenvalue weighted by Crippen LogP contribution is 2.31. The van der Waals surface area contributed by atoms with Gasteiger partial charge in [-0.05, 0) is 30.0 Å². The molecule has 0 aliphatic rings. The second-order valence-electron chi connectivity index (χ2n) is 7.31. The van der Waals surface area contributed by atoms with Crippen LogP contribution in [0, 0.1) is 5.92 Å². The minimum Gasteiger partial charge on any atom is -0.497 e. The molecule has 0 saturated heterocycles. The quantitative estimate of drug-likeness (QED) is 0.588. The molecule has 8 heteroatoms. The van der Waals surface area contributed by atoms with Gasteiger partial charge in [0.2, 0.25) is 15.9 Å². The van der Waals surface area contributed by atoms with Crippen LogP contribution in [0.5, 0.6) is 11.5 Å². The number of nitrogens with one attached hydrogen (secondary N) is 1. The molecule has 0 fully saturated rings. The molecular formula is C22H30N2O5S. The van der Waals surface area contributed by atoms with Crippen LogP contribution in [-0.2, 0) is 21.4 Å². The van der Waals surface area contributed by atoms with Crippen molar-refractivity contribution in [3.8, 4) is 11.5 Å². The van der Waals surface area contributed by atoms with Gasteiger partial charge < -0.3 is 14.8 Å². The van der Waals surface area contributed by atoms with Gasteiger partial charge in [0.15, 0.2) is 0 Å². The number of amides is 1. The summed E-state index contributed by atoms with van der Waals surface area (Å²) in [4.78, 5) is 12.5. The van der Waals surface area contributed by atoms with Crippen molar-refractivity contribution in [3.05, 3.63) is 54.1 Å². The number of rotatable bonds is 11. The van der Waals surface area contributed by atoms with Crippen LogP contribution in [0.4, 0.5) is 0 Å². The molecule has 0 unspecified atom stereocenters. The molecule has 0 aliphatic carbocycles. The summed E-state index contributed by atoms with van der Waals surface area (Å²) in [5.74, 6) is 0.664. The second-order valence-corrected chi connectivity index (χ2v) is 9.21. The average Bonchev–Trinajstić information content (AvgIpc) is 2.73. The van der Waals surface area contributed by atoms with Gasteiger partial charge in [0.25, 0.3) is 0 Å². The molecular weight excluding hydrogens is 404 g/mol. The third-order valence-electron chi connectivity index (χ3n) is 4.55. The largest absolute Gasteiger partial charge is 0.497 e. The van der Waals surface area contributed by atoms with Crippen LogP contribution in [0.2, 0.25) is 0 Å². The smallest absolute Gasteiger partial charge is 0.247 e. The summed E-state index contributed by atoms with van der Waals surface area (Å²) in [6.07, 6.45) is 0.820. The summed E-state index contributed by atoms with van der Waals surface area (Å²) in [6, 6.07) is 13.7. The van der Waals surface area contributed by atoms with E-state index in [2.05, 4.69) is 19.2 Å². The van der Waals surface area contributed by atoms with Gasteiger partial charge in [0.05, 0.1) is 20.8 Å². The van der Waals surface area contributed by atoms with Crippen LogP contribution in [0.25, 0.3) is 0 Å². The fourth-order valence-corrected chi connectivity index (χ4v) is 4.41. The normalized spacial score (nSPS) is 11.5. The fraction of sp³-hybridized carbons (Fsp3) is 0.409. The lowest BCUT2D eigenvalue weighted by Gasteiger charge is -2.23. The number of benzene rings is 2. The summed E-state index contributed by atoms with van der Waals surface area (Å²) in [5, 5.41) is 2.80. The lowest BCUT2D eigenvalue weighted by atomic mass is 10.1. The van der Waals surface area contributed by atoms with Crippen LogP contribution in [0.3, 0.4) is 0 Å². The second kappa shape index (κ2) is 11.0. The van der Waals surface area contributed by atoms with E-state index in [0.717, 1.165) is 16.3 Å². The third-order valence-corrected chi connectivity index (χ3v) is 6.37. The van der Waals surface area contributed by atoms with Gasteiger partial charge >= 0.3 is 0 Å². The van der Waals surface area contributed by atoms with E-state index in [9.17, 15) is 13.2 Å². The molecule has 0 radical (unpaired) electrons. The number of methoxy groups -OCH3 is 2. The lowest BCUT2D eigenvalue weighted by Crippen LogP contribution is -2.40. The topological polar surface area (TPSA) is 84.9 Å². The zero-order valence-corrected chi connectivity index (χ0v) is 18.7. The first kappa shape index (κ1) is 23.7. The summed E-state index contributed by atoms with van der Waals surface area (Å²) in [7, 11) is -1.18. The standard InChI is InChI=1S/C22H30N2O5S/c1-17(2)12-13-23-22(25)16-24(15-18-8-6-5-7-9-18)30(26,27)21-14-19(28-3)10-11-20(21)29-4/h5-11,14,17H,12-13,15-16H2,1-4H3,(H,23,25). The van der Waals surface area contributed by atoms with Crippen LogP contribution < -0.4 is 14.8 Å². The van der Waals surface area contributed by atoms with Crippen molar-refractivity contribution in [2.24, 2.45) is 5.92 Å². The van der Waals surface area contributed by atoms with E-state index >= 15 is 0 Å². The van der Waals surface area contributed by atoms with Crippen molar-refractivity contribution in [2.75, 3.05) is 27.3 Å². The van der Waals surface area contributed by atoms with Crippen molar-refractivity contribution in [3.63, 3.8) is 0 Å². The van der Waals surface area contributed by atoms with Gasteiger partial charge in [0.1, 0.15) is 16.4 Å². The number of hydrogen-bond acceptors (Lipinski definition) is 5. The highest BCUT2D eigenvalue weighted by molar-refractivity contribution is 7.89. The number of carbonyl (C=O) groups excluding carboxylic acids is 1. The SMILES string of the molecule is COc1ccc(OC)c(S(=O)(=O)N(CC(=O)NCCC(C)C)Cc2ccccc2)c1. The molecule has 0 aromatic heterocycles. The van der Waals surface area contributed by atoms with Gasteiger partial charge in [0, 0.05) is 19.2 Å². The maximum atomic E-state index is 13.5. The Balaban J connectivity index is 2.36. The first-order valence-corrected chi connectivity index (χ1v) is 11.2. The van der Waals surface area contributed by atoms with Gasteiger partial charge in [-0.3, -0.25) is 4.79 Å². The molecule has 7 nitrogen and oxygen atoms in total. The van der Waals surface area contributed by atoms with E-state index < -0.39 is 10.0 Å². The fourth-order valence-electron chi connectivity index (χ4n) is 2.85. The average molecular weight is 435 g/mol. The van der Waals surface area contributed by atoms with E-state index in [-0.39, 0.29) is 29.6 Å². The molecule has 0 bridgehead atoms. The van der Waals surface area contributed by atoms with Crippen molar-refractivity contribution >= 4 is 15.9 Å². The maximum Gasteiger partial charge on any atom is 0.247 e. The Morgan fingerprint density at radius 3 is 2.37 bits per heavy atom. The molecule has 0 aliphatic heterocycles. The van der Waals surface area contributed by atoms with Crippen molar-refractivity contribution in [2.45, 2.75) is 31.7 Å². The van der Waals surface area contributed by atoms with E-state index in [4.69, 9.17) is 9.47 Å². The predicted octanol–water partition coefficient (Wildman–Crippen LogP) is 3.06. The van der Waals surface area contributed by atoms with E-state index in [1.54, 1.807) is 6.07 Å². The van der Waals surface area contributed by atoms with E-state index in [1.165, 1.54) is 26.4 Å². The predicted molar refractivity (Wildman–Crippen MR) is 116 cm³/mol. The van der Waals surface area contributed by atoms with Gasteiger partial charge in [-0.2, -0.15) is 4.31 Å². The Bertz CT molecular complexity index is 930. The summed E-state index contributed by atoms with van der Waals surface area (Å²) < 4.78 is 38.6. The molecule has 1 amide bonds. The molecule has 0 atom stereocenters. The minimum absolute atomic E-state index is 0.0461. The molecule has 2 aromatic carbocycles. The Labute approximate surface area is 179 Å². The summed E-state index contributed by atoms with van der Waals surface area (Å²) >= 11 is 0. The van der Waals surface area contributed by atoms with Crippen molar-refractivity contribution in [1.82, 2.24) is 9.62 Å². The Morgan fingerprint density at radius 2 is 1.77 bits per heavy atom. The zero-order valence-electron chi connectivity index (χ0n) is 17.9. The highest BCUT2D eigenvalue weighted by atomic mass is 32.2. The Kier molecular flexibility index (Phi) is 8.68. The van der Waals surface area contributed by atoms with Crippen LogP contribution in [-0.4, -0.2) is 45.9 Å².